The second kappa shape index (κ2) is 9.54. The maximum absolute atomic E-state index is 5.85. The van der Waals surface area contributed by atoms with E-state index in [1.54, 1.807) is 0 Å². The lowest BCUT2D eigenvalue weighted by molar-refractivity contribution is 0.306. The van der Waals surface area contributed by atoms with Gasteiger partial charge in [0.15, 0.2) is 0 Å². The van der Waals surface area contributed by atoms with Crippen LogP contribution in [0.15, 0.2) is 40.9 Å². The average Bonchev–Trinajstić information content (AvgIpc) is 3.19. The van der Waals surface area contributed by atoms with Gasteiger partial charge in [0.1, 0.15) is 5.75 Å². The molecule has 0 aliphatic carbocycles. The number of ether oxygens (including phenoxy) is 1. The maximum Gasteiger partial charge on any atom is 0.229 e. The molecule has 1 atom stereocenters. The molecule has 0 bridgehead atoms. The van der Waals surface area contributed by atoms with Gasteiger partial charge in [0.25, 0.3) is 0 Å². The van der Waals surface area contributed by atoms with E-state index in [1.807, 2.05) is 6.07 Å². The molecule has 1 aromatic heterocycles. The van der Waals surface area contributed by atoms with Crippen molar-refractivity contribution in [1.82, 2.24) is 10.1 Å². The van der Waals surface area contributed by atoms with Crippen LogP contribution in [0.4, 0.5) is 0 Å². The van der Waals surface area contributed by atoms with E-state index in [4.69, 9.17) is 9.26 Å². The number of nitrogens with zero attached hydrogens (tertiary/aromatic N) is 2. The lowest BCUT2D eigenvalue weighted by Gasteiger charge is -2.07. The lowest BCUT2D eigenvalue weighted by Crippen LogP contribution is -1.96. The van der Waals surface area contributed by atoms with Gasteiger partial charge in [-0.1, -0.05) is 69.8 Å². The number of fused-ring (bicyclic) bond motifs is 1. The zero-order valence-corrected chi connectivity index (χ0v) is 16.7. The Morgan fingerprint density at radius 3 is 2.56 bits per heavy atom. The predicted molar refractivity (Wildman–Crippen MR) is 110 cm³/mol. The highest BCUT2D eigenvalue weighted by molar-refractivity contribution is 5.87. The van der Waals surface area contributed by atoms with Crippen LogP contribution in [-0.4, -0.2) is 16.7 Å². The SMILES string of the molecule is CCCCCOc1ccc2cc(-c3noc(C(C)CCCC)n3)ccc2c1. The van der Waals surface area contributed by atoms with E-state index in [2.05, 4.69) is 61.2 Å². The predicted octanol–water partition coefficient (Wildman–Crippen LogP) is 6.75. The summed E-state index contributed by atoms with van der Waals surface area (Å²) in [7, 11) is 0. The van der Waals surface area contributed by atoms with Crippen LogP contribution < -0.4 is 4.74 Å². The Morgan fingerprint density at radius 1 is 0.963 bits per heavy atom. The van der Waals surface area contributed by atoms with Crippen molar-refractivity contribution >= 4 is 10.8 Å². The smallest absolute Gasteiger partial charge is 0.229 e. The van der Waals surface area contributed by atoms with Crippen molar-refractivity contribution in [2.45, 2.75) is 65.2 Å². The summed E-state index contributed by atoms with van der Waals surface area (Å²) in [6, 6.07) is 12.5. The van der Waals surface area contributed by atoms with Crippen molar-refractivity contribution in [3.05, 3.63) is 42.3 Å². The first-order chi connectivity index (χ1) is 13.2. The molecule has 1 unspecified atom stereocenters. The van der Waals surface area contributed by atoms with Crippen molar-refractivity contribution in [2.75, 3.05) is 6.61 Å². The van der Waals surface area contributed by atoms with Gasteiger partial charge in [-0.05, 0) is 41.8 Å². The molecule has 2 aromatic carbocycles. The van der Waals surface area contributed by atoms with Crippen LogP contribution in [-0.2, 0) is 0 Å². The van der Waals surface area contributed by atoms with Gasteiger partial charge < -0.3 is 9.26 Å². The number of rotatable bonds is 10. The van der Waals surface area contributed by atoms with Crippen molar-refractivity contribution in [3.63, 3.8) is 0 Å². The first kappa shape index (κ1) is 19.4. The Labute approximate surface area is 161 Å². The van der Waals surface area contributed by atoms with E-state index in [0.29, 0.717) is 11.7 Å². The van der Waals surface area contributed by atoms with Crippen LogP contribution >= 0.6 is 0 Å². The molecule has 27 heavy (non-hydrogen) atoms. The third kappa shape index (κ3) is 5.09. The summed E-state index contributed by atoms with van der Waals surface area (Å²) in [6.07, 6.45) is 6.96. The molecule has 1 heterocycles. The molecule has 0 saturated heterocycles. The molecule has 0 saturated carbocycles. The van der Waals surface area contributed by atoms with Crippen molar-refractivity contribution in [3.8, 4) is 17.1 Å². The van der Waals surface area contributed by atoms with Crippen LogP contribution in [0.2, 0.25) is 0 Å². The third-order valence-electron chi connectivity index (χ3n) is 4.94. The topological polar surface area (TPSA) is 48.2 Å². The highest BCUT2D eigenvalue weighted by Crippen LogP contribution is 2.27. The molecule has 4 nitrogen and oxygen atoms in total. The van der Waals surface area contributed by atoms with Gasteiger partial charge in [-0.15, -0.1) is 0 Å². The van der Waals surface area contributed by atoms with Gasteiger partial charge in [0, 0.05) is 11.5 Å². The molecule has 0 radical (unpaired) electrons. The van der Waals surface area contributed by atoms with Crippen molar-refractivity contribution in [2.24, 2.45) is 0 Å². The number of hydrogen-bond acceptors (Lipinski definition) is 4. The Hall–Kier alpha value is -2.36. The average molecular weight is 367 g/mol. The highest BCUT2D eigenvalue weighted by atomic mass is 16.5. The lowest BCUT2D eigenvalue weighted by atomic mass is 10.0. The van der Waals surface area contributed by atoms with Crippen molar-refractivity contribution in [1.29, 1.82) is 0 Å². The minimum atomic E-state index is 0.305. The number of aromatic nitrogens is 2. The molecule has 0 spiro atoms. The van der Waals surface area contributed by atoms with Crippen LogP contribution in [0.3, 0.4) is 0 Å². The standard InChI is InChI=1S/C23H30N2O2/c1-4-6-8-14-26-21-13-12-18-15-20(11-10-19(18)16-21)22-24-23(27-25-22)17(3)9-7-5-2/h10-13,15-17H,4-9,14H2,1-3H3. The molecule has 3 aromatic rings. The second-order valence-electron chi connectivity index (χ2n) is 7.28. The molecule has 3 rings (SSSR count). The minimum Gasteiger partial charge on any atom is -0.494 e. The second-order valence-corrected chi connectivity index (χ2v) is 7.28. The van der Waals surface area contributed by atoms with Crippen LogP contribution in [0.25, 0.3) is 22.2 Å². The van der Waals surface area contributed by atoms with Gasteiger partial charge in [-0.3, -0.25) is 0 Å². The molecule has 4 heteroatoms. The van der Waals surface area contributed by atoms with Gasteiger partial charge >= 0.3 is 0 Å². The van der Waals surface area contributed by atoms with E-state index < -0.39 is 0 Å². The molecule has 0 aliphatic heterocycles. The first-order valence-corrected chi connectivity index (χ1v) is 10.2. The summed E-state index contributed by atoms with van der Waals surface area (Å²) >= 11 is 0. The normalized spacial score (nSPS) is 12.4. The molecule has 0 aliphatic rings. The van der Waals surface area contributed by atoms with Gasteiger partial charge in [-0.2, -0.15) is 4.98 Å². The summed E-state index contributed by atoms with van der Waals surface area (Å²) in [5.74, 6) is 2.63. The van der Waals surface area contributed by atoms with Crippen LogP contribution in [0.5, 0.6) is 5.75 Å². The van der Waals surface area contributed by atoms with Crippen LogP contribution in [0, 0.1) is 0 Å². The molecular formula is C23H30N2O2. The monoisotopic (exact) mass is 366 g/mol. The Balaban J connectivity index is 1.72. The summed E-state index contributed by atoms with van der Waals surface area (Å²) in [6.45, 7) is 7.32. The van der Waals surface area contributed by atoms with E-state index >= 15 is 0 Å². The fraction of sp³-hybridized carbons (Fsp3) is 0.478. The first-order valence-electron chi connectivity index (χ1n) is 10.2. The molecule has 0 N–H and O–H groups in total. The third-order valence-corrected chi connectivity index (χ3v) is 4.94. The zero-order valence-electron chi connectivity index (χ0n) is 16.7. The number of unbranched alkanes of at least 4 members (excludes halogenated alkanes) is 3. The summed E-state index contributed by atoms with van der Waals surface area (Å²) < 4.78 is 11.3. The van der Waals surface area contributed by atoms with Crippen LogP contribution in [0.1, 0.15) is 71.1 Å². The molecular weight excluding hydrogens is 336 g/mol. The highest BCUT2D eigenvalue weighted by Gasteiger charge is 2.15. The van der Waals surface area contributed by atoms with Gasteiger partial charge in [0.05, 0.1) is 6.61 Å². The summed E-state index contributed by atoms with van der Waals surface area (Å²) in [4.78, 5) is 4.61. The van der Waals surface area contributed by atoms with E-state index in [9.17, 15) is 0 Å². The van der Waals surface area contributed by atoms with Gasteiger partial charge in [0.2, 0.25) is 11.7 Å². The van der Waals surface area contributed by atoms with Crippen molar-refractivity contribution < 1.29 is 9.26 Å². The zero-order chi connectivity index (χ0) is 19.1. The maximum atomic E-state index is 5.85. The number of hydrogen-bond donors (Lipinski definition) is 0. The van der Waals surface area contributed by atoms with E-state index in [1.165, 1.54) is 25.7 Å². The number of benzene rings is 2. The molecule has 0 fully saturated rings. The fourth-order valence-corrected chi connectivity index (χ4v) is 3.18. The largest absolute Gasteiger partial charge is 0.494 e. The molecule has 144 valence electrons. The Kier molecular flexibility index (Phi) is 6.86. The fourth-order valence-electron chi connectivity index (χ4n) is 3.18. The Bertz CT molecular complexity index is 856. The quantitative estimate of drug-likeness (QED) is 0.372. The summed E-state index contributed by atoms with van der Waals surface area (Å²) in [5, 5.41) is 6.50. The van der Waals surface area contributed by atoms with Gasteiger partial charge in [-0.25, -0.2) is 0 Å². The Morgan fingerprint density at radius 2 is 1.74 bits per heavy atom. The van der Waals surface area contributed by atoms with E-state index in [0.717, 1.165) is 47.4 Å². The minimum absolute atomic E-state index is 0.305. The summed E-state index contributed by atoms with van der Waals surface area (Å²) in [5.41, 5.74) is 0.983. The molecule has 0 amide bonds. The van der Waals surface area contributed by atoms with E-state index in [-0.39, 0.29) is 0 Å².